The van der Waals surface area contributed by atoms with Crippen LogP contribution in [0.4, 0.5) is 5.69 Å². The van der Waals surface area contributed by atoms with Gasteiger partial charge in [0.2, 0.25) is 0 Å². The van der Waals surface area contributed by atoms with E-state index in [1.807, 2.05) is 6.07 Å². The van der Waals surface area contributed by atoms with Gasteiger partial charge < -0.3 is 14.2 Å². The summed E-state index contributed by atoms with van der Waals surface area (Å²) < 4.78 is 5.46. The maximum absolute atomic E-state index is 10.7. The summed E-state index contributed by atoms with van der Waals surface area (Å²) in [4.78, 5) is 15.4. The maximum Gasteiger partial charge on any atom is 0.185 e. The van der Waals surface area contributed by atoms with E-state index in [-0.39, 0.29) is 0 Å². The van der Waals surface area contributed by atoms with Crippen LogP contribution in [-0.4, -0.2) is 44.4 Å². The second-order valence-corrected chi connectivity index (χ2v) is 6.07. The largest absolute Gasteiger partial charge is 0.453 e. The molecule has 3 rings (SSSR count). The van der Waals surface area contributed by atoms with Crippen LogP contribution in [0.2, 0.25) is 0 Å². The number of benzene rings is 1. The molecule has 22 heavy (non-hydrogen) atoms. The van der Waals surface area contributed by atoms with E-state index < -0.39 is 0 Å². The predicted octanol–water partition coefficient (Wildman–Crippen LogP) is 3.29. The van der Waals surface area contributed by atoms with Crippen LogP contribution >= 0.6 is 0 Å². The fourth-order valence-electron chi connectivity index (χ4n) is 3.02. The van der Waals surface area contributed by atoms with Gasteiger partial charge in [-0.15, -0.1) is 0 Å². The highest BCUT2D eigenvalue weighted by atomic mass is 16.3. The van der Waals surface area contributed by atoms with Crippen molar-refractivity contribution in [3.8, 4) is 11.3 Å². The molecule has 116 valence electrons. The Labute approximate surface area is 131 Å². The van der Waals surface area contributed by atoms with Crippen LogP contribution in [0.15, 0.2) is 40.8 Å². The number of aldehydes is 1. The van der Waals surface area contributed by atoms with E-state index in [0.717, 1.165) is 30.7 Å². The van der Waals surface area contributed by atoms with Crippen molar-refractivity contribution in [1.82, 2.24) is 4.90 Å². The SMILES string of the molecule is CN(C)C1CCCN(c2ccc(-c3ccc(C=O)o3)cc2)C1. The predicted molar refractivity (Wildman–Crippen MR) is 88.5 cm³/mol. The molecule has 1 fully saturated rings. The first-order valence-corrected chi connectivity index (χ1v) is 7.74. The molecule has 0 saturated carbocycles. The molecular weight excluding hydrogens is 276 g/mol. The highest BCUT2D eigenvalue weighted by molar-refractivity contribution is 5.73. The lowest BCUT2D eigenvalue weighted by Crippen LogP contribution is -2.45. The lowest BCUT2D eigenvalue weighted by atomic mass is 10.0. The summed E-state index contributed by atoms with van der Waals surface area (Å²) in [6, 6.07) is 12.5. The zero-order valence-electron chi connectivity index (χ0n) is 13.2. The molecule has 1 saturated heterocycles. The first-order valence-electron chi connectivity index (χ1n) is 7.74. The van der Waals surface area contributed by atoms with Crippen LogP contribution in [0.3, 0.4) is 0 Å². The zero-order valence-corrected chi connectivity index (χ0v) is 13.2. The first-order chi connectivity index (χ1) is 10.7. The normalized spacial score (nSPS) is 18.7. The van der Waals surface area contributed by atoms with Crippen LogP contribution in [0, 0.1) is 0 Å². The van der Waals surface area contributed by atoms with Gasteiger partial charge in [-0.1, -0.05) is 0 Å². The van der Waals surface area contributed by atoms with Crippen molar-refractivity contribution < 1.29 is 9.21 Å². The van der Waals surface area contributed by atoms with Crippen molar-refractivity contribution in [3.63, 3.8) is 0 Å². The summed E-state index contributed by atoms with van der Waals surface area (Å²) >= 11 is 0. The van der Waals surface area contributed by atoms with E-state index in [1.54, 1.807) is 6.07 Å². The van der Waals surface area contributed by atoms with Crippen molar-refractivity contribution in [3.05, 3.63) is 42.2 Å². The Bertz CT molecular complexity index is 631. The number of piperidine rings is 1. The molecule has 1 aliphatic heterocycles. The number of likely N-dealkylation sites (N-methyl/N-ethyl adjacent to an activating group) is 1. The molecule has 2 aromatic rings. The van der Waals surface area contributed by atoms with Gasteiger partial charge >= 0.3 is 0 Å². The van der Waals surface area contributed by atoms with Crippen LogP contribution in [0.5, 0.6) is 0 Å². The van der Waals surface area contributed by atoms with Crippen molar-refractivity contribution in [2.24, 2.45) is 0 Å². The lowest BCUT2D eigenvalue weighted by molar-refractivity contribution is 0.110. The maximum atomic E-state index is 10.7. The van der Waals surface area contributed by atoms with Crippen LogP contribution in [0.25, 0.3) is 11.3 Å². The molecule has 1 atom stereocenters. The lowest BCUT2D eigenvalue weighted by Gasteiger charge is -2.37. The fraction of sp³-hybridized carbons (Fsp3) is 0.389. The van der Waals surface area contributed by atoms with Crippen molar-refractivity contribution >= 4 is 12.0 Å². The Hall–Kier alpha value is -2.07. The van der Waals surface area contributed by atoms with E-state index in [4.69, 9.17) is 4.42 Å². The Kier molecular flexibility index (Phi) is 4.29. The van der Waals surface area contributed by atoms with Gasteiger partial charge in [-0.25, -0.2) is 0 Å². The van der Waals surface area contributed by atoms with Gasteiger partial charge in [0.15, 0.2) is 12.0 Å². The molecule has 0 spiro atoms. The van der Waals surface area contributed by atoms with Crippen LogP contribution < -0.4 is 4.90 Å². The van der Waals surface area contributed by atoms with Gasteiger partial charge in [-0.3, -0.25) is 4.79 Å². The molecule has 2 heterocycles. The third kappa shape index (κ3) is 3.07. The van der Waals surface area contributed by atoms with Gasteiger partial charge in [0.1, 0.15) is 5.76 Å². The topological polar surface area (TPSA) is 36.7 Å². The number of hydrogen-bond acceptors (Lipinski definition) is 4. The van der Waals surface area contributed by atoms with Gasteiger partial charge in [0, 0.05) is 30.4 Å². The summed E-state index contributed by atoms with van der Waals surface area (Å²) in [5.74, 6) is 1.10. The minimum atomic E-state index is 0.365. The Balaban J connectivity index is 1.74. The number of carbonyl (C=O) groups is 1. The molecule has 1 aromatic heterocycles. The second kappa shape index (κ2) is 6.36. The molecule has 1 aliphatic rings. The molecule has 0 bridgehead atoms. The number of hydrogen-bond donors (Lipinski definition) is 0. The summed E-state index contributed by atoms with van der Waals surface area (Å²) in [5, 5.41) is 0. The number of nitrogens with zero attached hydrogens (tertiary/aromatic N) is 2. The first kappa shape index (κ1) is 14.9. The molecule has 4 heteroatoms. The molecule has 1 aromatic carbocycles. The third-order valence-electron chi connectivity index (χ3n) is 4.39. The summed E-state index contributed by atoms with van der Waals surface area (Å²) in [6.07, 6.45) is 3.22. The Morgan fingerprint density at radius 3 is 2.59 bits per heavy atom. The molecule has 1 unspecified atom stereocenters. The van der Waals surface area contributed by atoms with Crippen molar-refractivity contribution in [2.45, 2.75) is 18.9 Å². The molecule has 0 aliphatic carbocycles. The number of furan rings is 1. The monoisotopic (exact) mass is 298 g/mol. The van der Waals surface area contributed by atoms with Crippen LogP contribution in [0.1, 0.15) is 23.4 Å². The molecule has 4 nitrogen and oxygen atoms in total. The second-order valence-electron chi connectivity index (χ2n) is 6.07. The summed E-state index contributed by atoms with van der Waals surface area (Å²) in [7, 11) is 4.30. The van der Waals surface area contributed by atoms with Gasteiger partial charge in [0.05, 0.1) is 0 Å². The molecule has 0 amide bonds. The molecular formula is C18H22N2O2. The smallest absolute Gasteiger partial charge is 0.185 e. The van der Waals surface area contributed by atoms with Gasteiger partial charge in [-0.05, 0) is 63.3 Å². The zero-order chi connectivity index (χ0) is 15.5. The average molecular weight is 298 g/mol. The van der Waals surface area contributed by atoms with Crippen molar-refractivity contribution in [2.75, 3.05) is 32.1 Å². The summed E-state index contributed by atoms with van der Waals surface area (Å²) in [5.41, 5.74) is 2.25. The molecule has 0 radical (unpaired) electrons. The van der Waals surface area contributed by atoms with E-state index >= 15 is 0 Å². The van der Waals surface area contributed by atoms with Gasteiger partial charge in [0.25, 0.3) is 0 Å². The number of rotatable bonds is 4. The van der Waals surface area contributed by atoms with E-state index in [2.05, 4.69) is 48.2 Å². The third-order valence-corrected chi connectivity index (χ3v) is 4.39. The standard InChI is InChI=1S/C18H22N2O2/c1-19(2)16-4-3-11-20(12-16)15-7-5-14(6-8-15)18-10-9-17(13-21)22-18/h5-10,13,16H,3-4,11-12H2,1-2H3. The highest BCUT2D eigenvalue weighted by Gasteiger charge is 2.21. The summed E-state index contributed by atoms with van der Waals surface area (Å²) in [6.45, 7) is 2.18. The van der Waals surface area contributed by atoms with E-state index in [0.29, 0.717) is 11.8 Å². The average Bonchev–Trinajstić information content (AvgIpc) is 3.04. The van der Waals surface area contributed by atoms with Crippen LogP contribution in [-0.2, 0) is 0 Å². The number of anilines is 1. The Morgan fingerprint density at radius 1 is 1.18 bits per heavy atom. The van der Waals surface area contributed by atoms with E-state index in [1.165, 1.54) is 18.5 Å². The minimum absolute atomic E-state index is 0.365. The van der Waals surface area contributed by atoms with E-state index in [9.17, 15) is 4.79 Å². The highest BCUT2D eigenvalue weighted by Crippen LogP contribution is 2.26. The number of carbonyl (C=O) groups excluding carboxylic acids is 1. The quantitative estimate of drug-likeness (QED) is 0.812. The van der Waals surface area contributed by atoms with Gasteiger partial charge in [-0.2, -0.15) is 0 Å². The van der Waals surface area contributed by atoms with Crippen molar-refractivity contribution in [1.29, 1.82) is 0 Å². The fourth-order valence-corrected chi connectivity index (χ4v) is 3.02. The molecule has 0 N–H and O–H groups in total. The Morgan fingerprint density at radius 2 is 1.95 bits per heavy atom. The minimum Gasteiger partial charge on any atom is -0.453 e.